The highest BCUT2D eigenvalue weighted by Crippen LogP contribution is 2.34. The van der Waals surface area contributed by atoms with Crippen molar-refractivity contribution in [3.8, 4) is 11.3 Å². The van der Waals surface area contributed by atoms with Gasteiger partial charge in [-0.25, -0.2) is 4.98 Å². The van der Waals surface area contributed by atoms with Gasteiger partial charge in [0.2, 0.25) is 0 Å². The summed E-state index contributed by atoms with van der Waals surface area (Å²) < 4.78 is 0.992. The highest BCUT2D eigenvalue weighted by molar-refractivity contribution is 9.11. The summed E-state index contributed by atoms with van der Waals surface area (Å²) in [6, 6.07) is 8.57. The number of hydrogen-bond acceptors (Lipinski definition) is 3. The molecule has 1 heterocycles. The van der Waals surface area contributed by atoms with Crippen LogP contribution in [-0.2, 0) is 0 Å². The van der Waals surface area contributed by atoms with Crippen molar-refractivity contribution in [2.24, 2.45) is 0 Å². The zero-order valence-corrected chi connectivity index (χ0v) is 12.3. The largest absolute Gasteiger partial charge is 0.375 e. The van der Waals surface area contributed by atoms with E-state index in [2.05, 4.69) is 59.0 Å². The number of nitrogens with zero attached hydrogens (tertiary/aromatic N) is 1. The number of nitrogens with two attached hydrogens (primary N) is 1. The van der Waals surface area contributed by atoms with Crippen molar-refractivity contribution in [2.45, 2.75) is 26.2 Å². The fraction of sp³-hybridized carbons (Fsp3) is 0.308. The highest BCUT2D eigenvalue weighted by atomic mass is 79.9. The Bertz CT molecular complexity index is 505. The van der Waals surface area contributed by atoms with Crippen molar-refractivity contribution in [1.29, 1.82) is 0 Å². The molecule has 0 radical (unpaired) electrons. The first-order chi connectivity index (χ1) is 8.11. The Morgan fingerprint density at radius 3 is 2.47 bits per heavy atom. The number of hydrogen-bond donors (Lipinski definition) is 1. The van der Waals surface area contributed by atoms with Gasteiger partial charge in [0.05, 0.1) is 9.48 Å². The third-order valence-corrected chi connectivity index (χ3v) is 4.50. The van der Waals surface area contributed by atoms with E-state index in [4.69, 9.17) is 5.73 Å². The van der Waals surface area contributed by atoms with Gasteiger partial charge in [-0.2, -0.15) is 0 Å². The van der Waals surface area contributed by atoms with Crippen LogP contribution in [-0.4, -0.2) is 4.98 Å². The van der Waals surface area contributed by atoms with Gasteiger partial charge in [0.1, 0.15) is 0 Å². The lowest BCUT2D eigenvalue weighted by atomic mass is 9.97. The number of thiazole rings is 1. The van der Waals surface area contributed by atoms with E-state index in [9.17, 15) is 0 Å². The van der Waals surface area contributed by atoms with Crippen LogP contribution in [0.4, 0.5) is 5.13 Å². The average Bonchev–Trinajstić information content (AvgIpc) is 2.68. The van der Waals surface area contributed by atoms with Crippen molar-refractivity contribution in [2.75, 3.05) is 5.73 Å². The Morgan fingerprint density at radius 2 is 2.00 bits per heavy atom. The molecule has 1 aromatic heterocycles. The molecule has 0 aliphatic rings. The third kappa shape index (κ3) is 2.69. The Morgan fingerprint density at radius 1 is 1.35 bits per heavy atom. The second kappa shape index (κ2) is 5.19. The molecule has 2 aromatic rings. The first-order valence-corrected chi connectivity index (χ1v) is 7.25. The highest BCUT2D eigenvalue weighted by Gasteiger charge is 2.10. The molecule has 90 valence electrons. The Labute approximate surface area is 114 Å². The maximum absolute atomic E-state index is 5.69. The van der Waals surface area contributed by atoms with E-state index in [0.717, 1.165) is 21.5 Å². The van der Waals surface area contributed by atoms with E-state index in [1.807, 2.05) is 0 Å². The van der Waals surface area contributed by atoms with Gasteiger partial charge in [0, 0.05) is 5.56 Å². The summed E-state index contributed by atoms with van der Waals surface area (Å²) in [6.45, 7) is 4.45. The Balaban J connectivity index is 2.32. The monoisotopic (exact) mass is 310 g/mol. The first kappa shape index (κ1) is 12.6. The Kier molecular flexibility index (Phi) is 3.84. The maximum Gasteiger partial charge on any atom is 0.181 e. The van der Waals surface area contributed by atoms with Gasteiger partial charge in [-0.1, -0.05) is 49.4 Å². The zero-order chi connectivity index (χ0) is 12.4. The van der Waals surface area contributed by atoms with Crippen LogP contribution in [0.1, 0.15) is 31.7 Å². The fourth-order valence-electron chi connectivity index (χ4n) is 1.70. The van der Waals surface area contributed by atoms with Crippen LogP contribution < -0.4 is 5.73 Å². The topological polar surface area (TPSA) is 38.9 Å². The van der Waals surface area contributed by atoms with Crippen LogP contribution in [0, 0.1) is 0 Å². The molecule has 0 saturated carbocycles. The number of aromatic nitrogens is 1. The maximum atomic E-state index is 5.69. The zero-order valence-electron chi connectivity index (χ0n) is 9.90. The lowest BCUT2D eigenvalue weighted by Crippen LogP contribution is -1.91. The molecule has 1 unspecified atom stereocenters. The molecular formula is C13H15BrN2S. The molecule has 1 aromatic carbocycles. The average molecular weight is 311 g/mol. The summed E-state index contributed by atoms with van der Waals surface area (Å²) in [7, 11) is 0. The normalized spacial score (nSPS) is 12.6. The molecule has 1 atom stereocenters. The van der Waals surface area contributed by atoms with Crippen LogP contribution in [0.5, 0.6) is 0 Å². The van der Waals surface area contributed by atoms with Gasteiger partial charge in [-0.05, 0) is 33.8 Å². The summed E-state index contributed by atoms with van der Waals surface area (Å²) in [5, 5.41) is 0.595. The van der Waals surface area contributed by atoms with Crippen LogP contribution in [0.25, 0.3) is 11.3 Å². The first-order valence-electron chi connectivity index (χ1n) is 5.64. The predicted octanol–water partition coefficient (Wildman–Crippen LogP) is 4.67. The smallest absolute Gasteiger partial charge is 0.181 e. The lowest BCUT2D eigenvalue weighted by molar-refractivity contribution is 0.734. The van der Waals surface area contributed by atoms with Crippen LogP contribution >= 0.6 is 27.3 Å². The molecule has 0 amide bonds. The molecule has 2 rings (SSSR count). The SMILES string of the molecule is CCC(C)c1ccc(-c2nc(N)sc2Br)cc1. The van der Waals surface area contributed by atoms with Crippen molar-refractivity contribution in [3.63, 3.8) is 0 Å². The van der Waals surface area contributed by atoms with Gasteiger partial charge in [-0.15, -0.1) is 0 Å². The molecule has 4 heteroatoms. The summed E-state index contributed by atoms with van der Waals surface area (Å²) in [5.74, 6) is 0.605. The predicted molar refractivity (Wildman–Crippen MR) is 78.4 cm³/mol. The van der Waals surface area contributed by atoms with Crippen molar-refractivity contribution >= 4 is 32.4 Å². The molecule has 17 heavy (non-hydrogen) atoms. The Hall–Kier alpha value is -0.870. The van der Waals surface area contributed by atoms with Crippen LogP contribution in [0.3, 0.4) is 0 Å². The summed E-state index contributed by atoms with van der Waals surface area (Å²) >= 11 is 4.95. The summed E-state index contributed by atoms with van der Waals surface area (Å²) in [5.41, 5.74) is 9.11. The van der Waals surface area contributed by atoms with Gasteiger partial charge in [-0.3, -0.25) is 0 Å². The van der Waals surface area contributed by atoms with E-state index in [0.29, 0.717) is 11.0 Å². The second-order valence-corrected chi connectivity index (χ2v) is 6.45. The molecule has 0 saturated heterocycles. The quantitative estimate of drug-likeness (QED) is 0.894. The lowest BCUT2D eigenvalue weighted by Gasteiger charge is -2.09. The van der Waals surface area contributed by atoms with Gasteiger partial charge >= 0.3 is 0 Å². The molecular weight excluding hydrogens is 296 g/mol. The number of rotatable bonds is 3. The van der Waals surface area contributed by atoms with Crippen molar-refractivity contribution < 1.29 is 0 Å². The van der Waals surface area contributed by atoms with Crippen LogP contribution in [0.15, 0.2) is 28.1 Å². The van der Waals surface area contributed by atoms with Gasteiger partial charge < -0.3 is 5.73 Å². The minimum absolute atomic E-state index is 0.595. The number of nitrogen functional groups attached to an aromatic ring is 1. The van der Waals surface area contributed by atoms with Crippen molar-refractivity contribution in [3.05, 3.63) is 33.6 Å². The van der Waals surface area contributed by atoms with Crippen LogP contribution in [0.2, 0.25) is 0 Å². The van der Waals surface area contributed by atoms with E-state index in [1.54, 1.807) is 0 Å². The summed E-state index contributed by atoms with van der Waals surface area (Å²) in [6.07, 6.45) is 1.16. The minimum atomic E-state index is 0.595. The van der Waals surface area contributed by atoms with Crippen molar-refractivity contribution in [1.82, 2.24) is 4.98 Å². The van der Waals surface area contributed by atoms with E-state index in [-0.39, 0.29) is 0 Å². The number of anilines is 1. The minimum Gasteiger partial charge on any atom is -0.375 e. The standard InChI is InChI=1S/C13H15BrN2S/c1-3-8(2)9-4-6-10(7-5-9)11-12(14)17-13(15)16-11/h4-8H,3H2,1-2H3,(H2,15,16). The third-order valence-electron chi connectivity index (χ3n) is 2.97. The molecule has 0 spiro atoms. The van der Waals surface area contributed by atoms with Gasteiger partial charge in [0.25, 0.3) is 0 Å². The second-order valence-electron chi connectivity index (χ2n) is 4.11. The molecule has 0 aliphatic carbocycles. The van der Waals surface area contributed by atoms with E-state index >= 15 is 0 Å². The molecule has 2 N–H and O–H groups in total. The molecule has 2 nitrogen and oxygen atoms in total. The molecule has 0 aliphatic heterocycles. The van der Waals surface area contributed by atoms with E-state index < -0.39 is 0 Å². The molecule has 0 fully saturated rings. The molecule has 0 bridgehead atoms. The summed E-state index contributed by atoms with van der Waals surface area (Å²) in [4.78, 5) is 4.32. The number of halogens is 1. The van der Waals surface area contributed by atoms with Gasteiger partial charge in [0.15, 0.2) is 5.13 Å². The fourth-order valence-corrected chi connectivity index (χ4v) is 3.10. The number of benzene rings is 1. The van der Waals surface area contributed by atoms with E-state index in [1.165, 1.54) is 16.9 Å².